The number of carbonyl (C=O) groups is 1. The fourth-order valence-corrected chi connectivity index (χ4v) is 2.76. The Hall–Kier alpha value is -2.43. The molecule has 0 bridgehead atoms. The van der Waals surface area contributed by atoms with Gasteiger partial charge in [0.1, 0.15) is 17.3 Å². The topological polar surface area (TPSA) is 128 Å². The second-order valence-corrected chi connectivity index (χ2v) is 6.65. The van der Waals surface area contributed by atoms with E-state index in [2.05, 4.69) is 15.1 Å². The molecule has 1 aromatic carbocycles. The second-order valence-electron chi connectivity index (χ2n) is 4.88. The first kappa shape index (κ1) is 17.9. The number of anilines is 1. The maximum absolute atomic E-state index is 12.0. The van der Waals surface area contributed by atoms with Crippen molar-refractivity contribution in [3.05, 3.63) is 36.7 Å². The van der Waals surface area contributed by atoms with Gasteiger partial charge in [0.05, 0.1) is 12.7 Å². The van der Waals surface area contributed by atoms with Crippen molar-refractivity contribution in [1.82, 2.24) is 14.5 Å². The first-order chi connectivity index (χ1) is 11.4. The van der Waals surface area contributed by atoms with Gasteiger partial charge in [-0.1, -0.05) is 0 Å². The molecular weight excluding hydrogens is 334 g/mol. The fourth-order valence-electron chi connectivity index (χ4n) is 1.80. The minimum Gasteiger partial charge on any atom is -0.492 e. The lowest BCUT2D eigenvalue weighted by molar-refractivity contribution is -0.115. The van der Waals surface area contributed by atoms with Crippen molar-refractivity contribution in [2.75, 3.05) is 25.0 Å². The van der Waals surface area contributed by atoms with Crippen LogP contribution in [-0.2, 0) is 21.9 Å². The number of carbonyl (C=O) groups excluding carboxylic acids is 1. The van der Waals surface area contributed by atoms with Crippen LogP contribution in [0.25, 0.3) is 0 Å². The number of hydrogen-bond acceptors (Lipinski definition) is 6. The van der Waals surface area contributed by atoms with Gasteiger partial charge >= 0.3 is 0 Å². The molecule has 130 valence electrons. The predicted molar refractivity (Wildman–Crippen MR) is 88.0 cm³/mol. The third kappa shape index (κ3) is 5.05. The first-order valence-corrected chi connectivity index (χ1v) is 8.60. The van der Waals surface area contributed by atoms with E-state index in [-0.39, 0.29) is 11.4 Å². The number of nitrogens with two attached hydrogens (primary N) is 1. The highest BCUT2D eigenvalue weighted by Crippen LogP contribution is 2.15. The van der Waals surface area contributed by atoms with Crippen LogP contribution < -0.4 is 20.5 Å². The Balaban J connectivity index is 1.87. The van der Waals surface area contributed by atoms with Crippen molar-refractivity contribution >= 4 is 21.6 Å². The Morgan fingerprint density at radius 3 is 2.62 bits per heavy atom. The molecule has 0 fully saturated rings. The molecule has 0 aliphatic carbocycles. The molecule has 1 amide bonds. The van der Waals surface area contributed by atoms with Crippen LogP contribution in [0.15, 0.2) is 41.6 Å². The van der Waals surface area contributed by atoms with Gasteiger partial charge in [0, 0.05) is 25.5 Å². The van der Waals surface area contributed by atoms with E-state index in [0.29, 0.717) is 24.6 Å². The Bertz CT molecular complexity index is 786. The van der Waals surface area contributed by atoms with E-state index in [1.54, 1.807) is 31.3 Å². The normalized spacial score (nSPS) is 11.2. The van der Waals surface area contributed by atoms with E-state index in [9.17, 15) is 13.2 Å². The number of nitrogens with one attached hydrogen (secondary N) is 2. The van der Waals surface area contributed by atoms with Gasteiger partial charge in [-0.3, -0.25) is 9.48 Å². The average molecular weight is 353 g/mol. The zero-order chi connectivity index (χ0) is 17.6. The molecule has 1 heterocycles. The van der Waals surface area contributed by atoms with Crippen LogP contribution in [0.2, 0.25) is 0 Å². The second kappa shape index (κ2) is 7.90. The zero-order valence-corrected chi connectivity index (χ0v) is 13.9. The lowest BCUT2D eigenvalue weighted by Gasteiger charge is -2.08. The van der Waals surface area contributed by atoms with Crippen LogP contribution in [-0.4, -0.2) is 43.8 Å². The number of aryl methyl sites for hydroxylation is 1. The van der Waals surface area contributed by atoms with E-state index in [1.807, 2.05) is 0 Å². The highest BCUT2D eigenvalue weighted by atomic mass is 32.2. The van der Waals surface area contributed by atoms with Crippen LogP contribution in [0.3, 0.4) is 0 Å². The Labute approximate surface area is 139 Å². The largest absolute Gasteiger partial charge is 0.492 e. The summed E-state index contributed by atoms with van der Waals surface area (Å²) in [5, 5.41) is 6.37. The van der Waals surface area contributed by atoms with Gasteiger partial charge in [0.25, 0.3) is 0 Å². The highest BCUT2D eigenvalue weighted by Gasteiger charge is 2.17. The van der Waals surface area contributed by atoms with Gasteiger partial charge in [-0.2, -0.15) is 5.10 Å². The minimum absolute atomic E-state index is 0.000736. The molecule has 9 nitrogen and oxygen atoms in total. The lowest BCUT2D eigenvalue weighted by Crippen LogP contribution is -2.32. The third-order valence-electron chi connectivity index (χ3n) is 2.94. The molecule has 1 aromatic heterocycles. The minimum atomic E-state index is -3.77. The zero-order valence-electron chi connectivity index (χ0n) is 13.1. The molecule has 0 saturated heterocycles. The number of benzene rings is 1. The van der Waals surface area contributed by atoms with Crippen LogP contribution in [0.5, 0.6) is 5.75 Å². The summed E-state index contributed by atoms with van der Waals surface area (Å²) in [6, 6.07) is 6.68. The SMILES string of the molecule is Cn1cc(S(=O)(=O)NCC(=O)Nc2ccc(OCCN)cc2)cn1. The Kier molecular flexibility index (Phi) is 5.90. The summed E-state index contributed by atoms with van der Waals surface area (Å²) < 4.78 is 32.9. The summed E-state index contributed by atoms with van der Waals surface area (Å²) in [5.41, 5.74) is 5.87. The van der Waals surface area contributed by atoms with Gasteiger partial charge in [0.2, 0.25) is 15.9 Å². The summed E-state index contributed by atoms with van der Waals surface area (Å²) in [6.07, 6.45) is 2.56. The Morgan fingerprint density at radius 2 is 2.04 bits per heavy atom. The molecule has 0 spiro atoms. The smallest absolute Gasteiger partial charge is 0.244 e. The van der Waals surface area contributed by atoms with Gasteiger partial charge in [0.15, 0.2) is 0 Å². The standard InChI is InChI=1S/C14H19N5O4S/c1-19-10-13(8-16-19)24(21,22)17-9-14(20)18-11-2-4-12(5-3-11)23-7-6-15/h2-5,8,10,17H,6-7,9,15H2,1H3,(H,18,20). The van der Waals surface area contributed by atoms with Crippen molar-refractivity contribution in [3.63, 3.8) is 0 Å². The van der Waals surface area contributed by atoms with Gasteiger partial charge in [-0.15, -0.1) is 0 Å². The van der Waals surface area contributed by atoms with Gasteiger partial charge < -0.3 is 15.8 Å². The van der Waals surface area contributed by atoms with Crippen LogP contribution >= 0.6 is 0 Å². The number of nitrogens with zero attached hydrogens (tertiary/aromatic N) is 2. The quantitative estimate of drug-likeness (QED) is 0.596. The molecular formula is C14H19N5O4S. The molecule has 0 saturated carbocycles. The summed E-state index contributed by atoms with van der Waals surface area (Å²) in [4.78, 5) is 11.8. The molecule has 24 heavy (non-hydrogen) atoms. The molecule has 0 aliphatic heterocycles. The van der Waals surface area contributed by atoms with Crippen molar-refractivity contribution in [3.8, 4) is 5.75 Å². The summed E-state index contributed by atoms with van der Waals surface area (Å²) in [5.74, 6) is 0.147. The predicted octanol–water partition coefficient (Wildman–Crippen LogP) is -0.325. The number of rotatable bonds is 8. The van der Waals surface area contributed by atoms with Crippen molar-refractivity contribution in [2.45, 2.75) is 4.90 Å². The number of sulfonamides is 1. The van der Waals surface area contributed by atoms with Crippen molar-refractivity contribution in [1.29, 1.82) is 0 Å². The molecule has 0 unspecified atom stereocenters. The van der Waals surface area contributed by atoms with Gasteiger partial charge in [-0.05, 0) is 24.3 Å². The van der Waals surface area contributed by atoms with Gasteiger partial charge in [-0.25, -0.2) is 13.1 Å². The van der Waals surface area contributed by atoms with Crippen LogP contribution in [0, 0.1) is 0 Å². The molecule has 2 rings (SSSR count). The summed E-state index contributed by atoms with van der Waals surface area (Å²) >= 11 is 0. The maximum atomic E-state index is 12.0. The van der Waals surface area contributed by atoms with Crippen molar-refractivity contribution < 1.29 is 17.9 Å². The number of aromatic nitrogens is 2. The average Bonchev–Trinajstić information content (AvgIpc) is 3.00. The van der Waals surface area contributed by atoms with E-state index in [4.69, 9.17) is 10.5 Å². The molecule has 0 atom stereocenters. The van der Waals surface area contributed by atoms with E-state index in [0.717, 1.165) is 0 Å². The lowest BCUT2D eigenvalue weighted by atomic mass is 10.3. The Morgan fingerprint density at radius 1 is 1.33 bits per heavy atom. The molecule has 10 heteroatoms. The van der Waals surface area contributed by atoms with E-state index < -0.39 is 15.9 Å². The molecule has 0 aliphatic rings. The first-order valence-electron chi connectivity index (χ1n) is 7.12. The summed E-state index contributed by atoms with van der Waals surface area (Å²) in [6.45, 7) is 0.431. The van der Waals surface area contributed by atoms with E-state index >= 15 is 0 Å². The number of hydrogen-bond donors (Lipinski definition) is 3. The molecule has 0 radical (unpaired) electrons. The molecule has 4 N–H and O–H groups in total. The fraction of sp³-hybridized carbons (Fsp3) is 0.286. The third-order valence-corrected chi connectivity index (χ3v) is 4.29. The van der Waals surface area contributed by atoms with Crippen LogP contribution in [0.1, 0.15) is 0 Å². The highest BCUT2D eigenvalue weighted by molar-refractivity contribution is 7.89. The maximum Gasteiger partial charge on any atom is 0.244 e. The van der Waals surface area contributed by atoms with E-state index in [1.165, 1.54) is 17.1 Å². The summed E-state index contributed by atoms with van der Waals surface area (Å²) in [7, 11) is -2.17. The number of amides is 1. The monoisotopic (exact) mass is 353 g/mol. The van der Waals surface area contributed by atoms with Crippen LogP contribution in [0.4, 0.5) is 5.69 Å². The van der Waals surface area contributed by atoms with Crippen molar-refractivity contribution in [2.24, 2.45) is 12.8 Å². The molecule has 2 aromatic rings. The number of ether oxygens (including phenoxy) is 1.